The zero-order chi connectivity index (χ0) is 13.5. The lowest BCUT2D eigenvalue weighted by atomic mass is 9.69. The summed E-state index contributed by atoms with van der Waals surface area (Å²) in [4.78, 5) is 0. The molecule has 0 aliphatic heterocycles. The summed E-state index contributed by atoms with van der Waals surface area (Å²) in [6.07, 6.45) is 18.3. The molecule has 0 aromatic rings. The molecule has 112 valence electrons. The van der Waals surface area contributed by atoms with Crippen LogP contribution in [-0.2, 0) is 0 Å². The summed E-state index contributed by atoms with van der Waals surface area (Å²) in [7, 11) is 0. The largest absolute Gasteiger partial charge is 0.0861 e. The van der Waals surface area contributed by atoms with Gasteiger partial charge in [0, 0.05) is 4.43 Å². The van der Waals surface area contributed by atoms with E-state index in [4.69, 9.17) is 0 Å². The second kappa shape index (κ2) is 8.89. The van der Waals surface area contributed by atoms with Crippen molar-refractivity contribution in [3.63, 3.8) is 0 Å². The van der Waals surface area contributed by atoms with Gasteiger partial charge in [-0.05, 0) is 62.2 Å². The summed E-state index contributed by atoms with van der Waals surface area (Å²) in [6, 6.07) is 0. The minimum atomic E-state index is 1.06. The fraction of sp³-hybridized carbons (Fsp3) is 1.00. The van der Waals surface area contributed by atoms with E-state index in [0.717, 1.165) is 23.7 Å². The Kier molecular flexibility index (Phi) is 7.54. The molecule has 0 aromatic carbocycles. The Labute approximate surface area is 134 Å². The van der Waals surface area contributed by atoms with Gasteiger partial charge in [0.2, 0.25) is 0 Å². The lowest BCUT2D eigenvalue weighted by Gasteiger charge is -2.37. The van der Waals surface area contributed by atoms with Crippen LogP contribution < -0.4 is 0 Å². The van der Waals surface area contributed by atoms with Gasteiger partial charge in [-0.25, -0.2) is 0 Å². The second-order valence-corrected chi connectivity index (χ2v) is 8.09. The second-order valence-electron chi connectivity index (χ2n) is 7.21. The van der Waals surface area contributed by atoms with Gasteiger partial charge in [0.15, 0.2) is 0 Å². The highest BCUT2D eigenvalue weighted by atomic mass is 127. The van der Waals surface area contributed by atoms with Crippen molar-refractivity contribution < 1.29 is 0 Å². The van der Waals surface area contributed by atoms with Gasteiger partial charge in [-0.3, -0.25) is 0 Å². The van der Waals surface area contributed by atoms with Crippen molar-refractivity contribution >= 4 is 22.6 Å². The van der Waals surface area contributed by atoms with Crippen molar-refractivity contribution in [1.82, 2.24) is 0 Å². The highest BCUT2D eigenvalue weighted by Gasteiger charge is 2.30. The molecule has 2 aliphatic rings. The lowest BCUT2D eigenvalue weighted by Crippen LogP contribution is -2.26. The molecule has 0 amide bonds. The van der Waals surface area contributed by atoms with E-state index in [1.807, 2.05) is 0 Å². The summed E-state index contributed by atoms with van der Waals surface area (Å²) in [5, 5.41) is 0. The van der Waals surface area contributed by atoms with E-state index in [1.165, 1.54) is 43.0 Å². The van der Waals surface area contributed by atoms with Gasteiger partial charge in [0.05, 0.1) is 0 Å². The Morgan fingerprint density at radius 1 is 0.737 bits per heavy atom. The highest BCUT2D eigenvalue weighted by Crippen LogP contribution is 2.42. The van der Waals surface area contributed by atoms with Crippen molar-refractivity contribution in [2.45, 2.75) is 84.0 Å². The number of hydrogen-bond donors (Lipinski definition) is 0. The summed E-state index contributed by atoms with van der Waals surface area (Å²) in [5.74, 6) is 4.36. The average Bonchev–Trinajstić information content (AvgIpc) is 2.48. The Hall–Kier alpha value is 0.730. The van der Waals surface area contributed by atoms with Crippen LogP contribution in [-0.4, -0.2) is 4.43 Å². The first-order valence-corrected chi connectivity index (χ1v) is 10.4. The monoisotopic (exact) mass is 376 g/mol. The van der Waals surface area contributed by atoms with Crippen LogP contribution in [0.2, 0.25) is 0 Å². The number of hydrogen-bond acceptors (Lipinski definition) is 0. The van der Waals surface area contributed by atoms with Gasteiger partial charge in [-0.15, -0.1) is 0 Å². The van der Waals surface area contributed by atoms with E-state index in [1.54, 1.807) is 38.5 Å². The summed E-state index contributed by atoms with van der Waals surface area (Å²) in [5.41, 5.74) is 0. The smallest absolute Gasteiger partial charge is 0.00237 e. The van der Waals surface area contributed by atoms with Crippen LogP contribution in [0.5, 0.6) is 0 Å². The molecule has 0 saturated heterocycles. The Morgan fingerprint density at radius 3 is 1.74 bits per heavy atom. The van der Waals surface area contributed by atoms with Crippen molar-refractivity contribution in [2.24, 2.45) is 23.7 Å². The molecule has 0 aromatic heterocycles. The van der Waals surface area contributed by atoms with Gasteiger partial charge in [0.25, 0.3) is 0 Å². The van der Waals surface area contributed by atoms with E-state index in [2.05, 4.69) is 29.5 Å². The molecule has 0 atom stereocenters. The maximum absolute atomic E-state index is 2.59. The topological polar surface area (TPSA) is 0 Å². The quantitative estimate of drug-likeness (QED) is 0.278. The Morgan fingerprint density at radius 2 is 1.26 bits per heavy atom. The van der Waals surface area contributed by atoms with Crippen LogP contribution in [0.1, 0.15) is 84.0 Å². The molecule has 0 radical (unpaired) electrons. The van der Waals surface area contributed by atoms with Gasteiger partial charge in [-0.1, -0.05) is 68.0 Å². The van der Waals surface area contributed by atoms with E-state index in [0.29, 0.717) is 0 Å². The van der Waals surface area contributed by atoms with Crippen LogP contribution in [0.4, 0.5) is 0 Å². The normalized spacial score (nSPS) is 36.3. The van der Waals surface area contributed by atoms with Crippen molar-refractivity contribution in [3.05, 3.63) is 0 Å². The predicted octanol–water partition coefficient (Wildman–Crippen LogP) is 6.61. The van der Waals surface area contributed by atoms with E-state index >= 15 is 0 Å². The summed E-state index contributed by atoms with van der Waals surface area (Å²) < 4.78 is 1.40. The van der Waals surface area contributed by atoms with Gasteiger partial charge in [-0.2, -0.15) is 0 Å². The fourth-order valence-electron chi connectivity index (χ4n) is 4.45. The predicted molar refractivity (Wildman–Crippen MR) is 93.9 cm³/mol. The van der Waals surface area contributed by atoms with Crippen molar-refractivity contribution in [1.29, 1.82) is 0 Å². The first kappa shape index (κ1) is 16.1. The molecule has 2 saturated carbocycles. The SMILES string of the molecule is CCCCCC1CCC(C2CCC(CI)CC2)CC1. The molecule has 0 unspecified atom stereocenters. The molecular formula is C18H33I. The van der Waals surface area contributed by atoms with Crippen LogP contribution in [0.25, 0.3) is 0 Å². The number of unbranched alkanes of at least 4 members (excludes halogenated alkanes) is 2. The molecule has 0 bridgehead atoms. The first-order valence-electron chi connectivity index (χ1n) is 8.89. The third-order valence-corrected chi connectivity index (χ3v) is 7.13. The zero-order valence-corrected chi connectivity index (χ0v) is 15.0. The van der Waals surface area contributed by atoms with Crippen molar-refractivity contribution in [2.75, 3.05) is 4.43 Å². The maximum atomic E-state index is 2.59. The van der Waals surface area contributed by atoms with Crippen LogP contribution >= 0.6 is 22.6 Å². The Balaban J connectivity index is 1.63. The third kappa shape index (κ3) is 5.21. The number of halogens is 1. The Bertz CT molecular complexity index is 222. The van der Waals surface area contributed by atoms with Gasteiger partial charge < -0.3 is 0 Å². The molecular weight excluding hydrogens is 343 g/mol. The van der Waals surface area contributed by atoms with E-state index < -0.39 is 0 Å². The first-order chi connectivity index (χ1) is 9.33. The summed E-state index contributed by atoms with van der Waals surface area (Å²) in [6.45, 7) is 2.32. The van der Waals surface area contributed by atoms with Crippen LogP contribution in [0.3, 0.4) is 0 Å². The zero-order valence-electron chi connectivity index (χ0n) is 12.9. The van der Waals surface area contributed by atoms with Crippen LogP contribution in [0, 0.1) is 23.7 Å². The van der Waals surface area contributed by atoms with E-state index in [9.17, 15) is 0 Å². The molecule has 2 rings (SSSR count). The van der Waals surface area contributed by atoms with Crippen molar-refractivity contribution in [3.8, 4) is 0 Å². The molecule has 0 N–H and O–H groups in total. The highest BCUT2D eigenvalue weighted by molar-refractivity contribution is 14.1. The van der Waals surface area contributed by atoms with Gasteiger partial charge in [0.1, 0.15) is 0 Å². The molecule has 2 aliphatic carbocycles. The van der Waals surface area contributed by atoms with Crippen LogP contribution in [0.15, 0.2) is 0 Å². The van der Waals surface area contributed by atoms with Gasteiger partial charge >= 0.3 is 0 Å². The number of rotatable bonds is 6. The third-order valence-electron chi connectivity index (χ3n) is 5.88. The average molecular weight is 376 g/mol. The molecule has 0 heterocycles. The summed E-state index contributed by atoms with van der Waals surface area (Å²) >= 11 is 2.59. The van der Waals surface area contributed by atoms with E-state index in [-0.39, 0.29) is 0 Å². The number of alkyl halides is 1. The fourth-order valence-corrected chi connectivity index (χ4v) is 5.33. The maximum Gasteiger partial charge on any atom is 0.00237 e. The molecule has 0 nitrogen and oxygen atoms in total. The minimum absolute atomic E-state index is 1.06. The standard InChI is InChI=1S/C18H33I/c1-2-3-4-5-15-6-10-17(11-7-15)18-12-8-16(14-19)9-13-18/h15-18H,2-14H2,1H3. The molecule has 19 heavy (non-hydrogen) atoms. The lowest BCUT2D eigenvalue weighted by molar-refractivity contribution is 0.148. The molecule has 0 spiro atoms. The molecule has 1 heteroatoms. The minimum Gasteiger partial charge on any atom is -0.0861 e. The molecule has 2 fully saturated rings.